The molecule has 1 unspecified atom stereocenters. The Hall–Kier alpha value is -0.310. The Morgan fingerprint density at radius 3 is 2.59 bits per heavy atom. The van der Waals surface area contributed by atoms with Crippen molar-refractivity contribution < 1.29 is 0 Å². The first kappa shape index (κ1) is 14.7. The molecule has 0 aliphatic rings. The van der Waals surface area contributed by atoms with E-state index in [-0.39, 0.29) is 0 Å². The average Bonchev–Trinajstić information content (AvgIpc) is 2.67. The standard InChI is InChI=1S/C14H25BrN2/c1-5-13-10-14(17(6-2)16-13)8-7-12(15)9-11(3)4/h10-12H,5-9H2,1-4H3. The molecule has 0 saturated heterocycles. The molecule has 0 bridgehead atoms. The number of aryl methyl sites for hydroxylation is 3. The van der Waals surface area contributed by atoms with Crippen LogP contribution in [0.25, 0.3) is 0 Å². The van der Waals surface area contributed by atoms with Gasteiger partial charge in [0.1, 0.15) is 0 Å². The summed E-state index contributed by atoms with van der Waals surface area (Å²) < 4.78 is 2.15. The van der Waals surface area contributed by atoms with Gasteiger partial charge >= 0.3 is 0 Å². The molecule has 0 spiro atoms. The topological polar surface area (TPSA) is 17.8 Å². The van der Waals surface area contributed by atoms with Crippen LogP contribution in [0.2, 0.25) is 0 Å². The molecule has 1 aromatic rings. The van der Waals surface area contributed by atoms with E-state index in [0.717, 1.165) is 25.3 Å². The van der Waals surface area contributed by atoms with E-state index in [1.54, 1.807) is 0 Å². The zero-order valence-corrected chi connectivity index (χ0v) is 13.1. The second-order valence-corrected chi connectivity index (χ2v) is 6.36. The van der Waals surface area contributed by atoms with E-state index in [1.807, 2.05) is 0 Å². The van der Waals surface area contributed by atoms with Crippen LogP contribution in [-0.4, -0.2) is 14.6 Å². The Kier molecular flexibility index (Phi) is 6.24. The number of alkyl halides is 1. The lowest BCUT2D eigenvalue weighted by Crippen LogP contribution is -2.08. The number of hydrogen-bond acceptors (Lipinski definition) is 1. The van der Waals surface area contributed by atoms with Gasteiger partial charge in [0.05, 0.1) is 5.69 Å². The van der Waals surface area contributed by atoms with Gasteiger partial charge in [0.25, 0.3) is 0 Å². The highest BCUT2D eigenvalue weighted by molar-refractivity contribution is 9.09. The first-order chi connectivity index (χ1) is 8.06. The summed E-state index contributed by atoms with van der Waals surface area (Å²) in [5.74, 6) is 0.765. The quantitative estimate of drug-likeness (QED) is 0.690. The van der Waals surface area contributed by atoms with E-state index in [2.05, 4.69) is 59.5 Å². The van der Waals surface area contributed by atoms with Gasteiger partial charge in [0, 0.05) is 17.1 Å². The number of halogens is 1. The van der Waals surface area contributed by atoms with Crippen LogP contribution >= 0.6 is 15.9 Å². The first-order valence-electron chi connectivity index (χ1n) is 6.76. The molecule has 0 fully saturated rings. The molecule has 0 aliphatic carbocycles. The second kappa shape index (κ2) is 7.20. The van der Waals surface area contributed by atoms with Gasteiger partial charge in [-0.3, -0.25) is 4.68 Å². The van der Waals surface area contributed by atoms with Crippen molar-refractivity contribution in [2.24, 2.45) is 5.92 Å². The molecule has 1 aromatic heterocycles. The van der Waals surface area contributed by atoms with E-state index >= 15 is 0 Å². The van der Waals surface area contributed by atoms with Gasteiger partial charge in [0.15, 0.2) is 0 Å². The number of rotatable bonds is 7. The van der Waals surface area contributed by atoms with Crippen molar-refractivity contribution in [1.82, 2.24) is 9.78 Å². The SMILES string of the molecule is CCc1cc(CCC(Br)CC(C)C)n(CC)n1. The lowest BCUT2D eigenvalue weighted by Gasteiger charge is -2.12. The summed E-state index contributed by atoms with van der Waals surface area (Å²) in [7, 11) is 0. The summed E-state index contributed by atoms with van der Waals surface area (Å²) in [6.45, 7) is 9.86. The highest BCUT2D eigenvalue weighted by atomic mass is 79.9. The fourth-order valence-electron chi connectivity index (χ4n) is 2.10. The molecule has 0 radical (unpaired) electrons. The minimum atomic E-state index is 0.632. The molecule has 2 nitrogen and oxygen atoms in total. The van der Waals surface area contributed by atoms with Gasteiger partial charge in [-0.25, -0.2) is 0 Å². The van der Waals surface area contributed by atoms with Gasteiger partial charge in [-0.05, 0) is 44.6 Å². The smallest absolute Gasteiger partial charge is 0.0624 e. The van der Waals surface area contributed by atoms with E-state index in [0.29, 0.717) is 4.83 Å². The predicted molar refractivity (Wildman–Crippen MR) is 77.8 cm³/mol. The van der Waals surface area contributed by atoms with E-state index in [9.17, 15) is 0 Å². The normalized spacial score (nSPS) is 13.3. The maximum Gasteiger partial charge on any atom is 0.0624 e. The van der Waals surface area contributed by atoms with Crippen LogP contribution in [0.4, 0.5) is 0 Å². The summed E-state index contributed by atoms with van der Waals surface area (Å²) in [5.41, 5.74) is 2.61. The van der Waals surface area contributed by atoms with Crippen molar-refractivity contribution in [2.75, 3.05) is 0 Å². The molecular weight excluding hydrogens is 276 g/mol. The van der Waals surface area contributed by atoms with E-state index in [4.69, 9.17) is 0 Å². The Morgan fingerprint density at radius 1 is 1.35 bits per heavy atom. The Bertz CT molecular complexity index is 331. The fourth-order valence-corrected chi connectivity index (χ4v) is 3.07. The largest absolute Gasteiger partial charge is 0.270 e. The second-order valence-electron chi connectivity index (χ2n) is 5.06. The van der Waals surface area contributed by atoms with Gasteiger partial charge in [-0.15, -0.1) is 0 Å². The van der Waals surface area contributed by atoms with Crippen molar-refractivity contribution in [1.29, 1.82) is 0 Å². The van der Waals surface area contributed by atoms with Crippen LogP contribution in [0.15, 0.2) is 6.07 Å². The van der Waals surface area contributed by atoms with Crippen molar-refractivity contribution in [3.63, 3.8) is 0 Å². The zero-order chi connectivity index (χ0) is 12.8. The average molecular weight is 301 g/mol. The Balaban J connectivity index is 2.53. The van der Waals surface area contributed by atoms with Gasteiger partial charge in [-0.2, -0.15) is 5.10 Å². The van der Waals surface area contributed by atoms with Crippen LogP contribution in [0, 0.1) is 5.92 Å². The maximum absolute atomic E-state index is 4.59. The minimum absolute atomic E-state index is 0.632. The predicted octanol–water partition coefficient (Wildman–Crippen LogP) is 4.21. The van der Waals surface area contributed by atoms with Crippen molar-refractivity contribution in [3.8, 4) is 0 Å². The number of hydrogen-bond donors (Lipinski definition) is 0. The van der Waals surface area contributed by atoms with Crippen molar-refractivity contribution in [2.45, 2.75) is 64.8 Å². The summed E-state index contributed by atoms with van der Waals surface area (Å²) >= 11 is 3.78. The van der Waals surface area contributed by atoms with Crippen LogP contribution in [-0.2, 0) is 19.4 Å². The third-order valence-corrected chi connectivity index (χ3v) is 3.85. The molecule has 3 heteroatoms. The third-order valence-electron chi connectivity index (χ3n) is 3.02. The van der Waals surface area contributed by atoms with E-state index < -0.39 is 0 Å². The molecule has 17 heavy (non-hydrogen) atoms. The van der Waals surface area contributed by atoms with Gasteiger partial charge in [-0.1, -0.05) is 36.7 Å². The van der Waals surface area contributed by atoms with Crippen LogP contribution in [0.1, 0.15) is 51.9 Å². The summed E-state index contributed by atoms with van der Waals surface area (Å²) in [4.78, 5) is 0.632. The molecule has 1 atom stereocenters. The van der Waals surface area contributed by atoms with Crippen molar-refractivity contribution in [3.05, 3.63) is 17.5 Å². The lowest BCUT2D eigenvalue weighted by atomic mass is 10.0. The molecule has 98 valence electrons. The molecule has 0 N–H and O–H groups in total. The van der Waals surface area contributed by atoms with E-state index in [1.165, 1.54) is 24.2 Å². The van der Waals surface area contributed by atoms with Crippen LogP contribution < -0.4 is 0 Å². The highest BCUT2D eigenvalue weighted by Crippen LogP contribution is 2.19. The van der Waals surface area contributed by atoms with Gasteiger partial charge < -0.3 is 0 Å². The molecule has 1 rings (SSSR count). The molecule has 0 amide bonds. The molecule has 0 aliphatic heterocycles. The minimum Gasteiger partial charge on any atom is -0.270 e. The maximum atomic E-state index is 4.59. The van der Waals surface area contributed by atoms with Gasteiger partial charge in [0.2, 0.25) is 0 Å². The Morgan fingerprint density at radius 2 is 2.06 bits per heavy atom. The Labute approximate surface area is 114 Å². The van der Waals surface area contributed by atoms with Crippen LogP contribution in [0.5, 0.6) is 0 Å². The zero-order valence-electron chi connectivity index (χ0n) is 11.5. The third kappa shape index (κ3) is 4.82. The first-order valence-corrected chi connectivity index (χ1v) is 7.68. The summed E-state index contributed by atoms with van der Waals surface area (Å²) in [5, 5.41) is 4.59. The van der Waals surface area contributed by atoms with Crippen LogP contribution in [0.3, 0.4) is 0 Å². The number of nitrogens with zero attached hydrogens (tertiary/aromatic N) is 2. The lowest BCUT2D eigenvalue weighted by molar-refractivity contribution is 0.541. The summed E-state index contributed by atoms with van der Waals surface area (Å²) in [6.07, 6.45) is 4.61. The molecule has 0 aromatic carbocycles. The number of aromatic nitrogens is 2. The molecule has 0 saturated carbocycles. The monoisotopic (exact) mass is 300 g/mol. The highest BCUT2D eigenvalue weighted by Gasteiger charge is 2.10. The summed E-state index contributed by atoms with van der Waals surface area (Å²) in [6, 6.07) is 2.26. The fraction of sp³-hybridized carbons (Fsp3) is 0.786. The molecular formula is C14H25BrN2. The molecule has 1 heterocycles. The van der Waals surface area contributed by atoms with Crippen molar-refractivity contribution >= 4 is 15.9 Å².